The topological polar surface area (TPSA) is 71.6 Å². The van der Waals surface area contributed by atoms with Gasteiger partial charge < -0.3 is 15.2 Å². The van der Waals surface area contributed by atoms with Crippen LogP contribution in [0.1, 0.15) is 25.0 Å². The number of benzene rings is 1. The number of methoxy groups -OCH3 is 1. The minimum atomic E-state index is 0.0343. The number of nitrogens with one attached hydrogen (secondary N) is 1. The molecule has 0 spiro atoms. The van der Waals surface area contributed by atoms with Gasteiger partial charge in [-0.1, -0.05) is 6.07 Å². The van der Waals surface area contributed by atoms with E-state index in [4.69, 9.17) is 20.6 Å². The maximum atomic E-state index is 7.63. The second-order valence-corrected chi connectivity index (χ2v) is 5.37. The highest BCUT2D eigenvalue weighted by molar-refractivity contribution is 5.97. The first-order valence-electron chi connectivity index (χ1n) is 6.88. The smallest absolute Gasteiger partial charge is 0.129 e. The number of hydrogen-bond acceptors (Lipinski definition) is 4. The molecule has 2 unspecified atom stereocenters. The molecule has 110 valence electrons. The Labute approximate surface area is 120 Å². The van der Waals surface area contributed by atoms with Crippen LogP contribution in [0.3, 0.4) is 0 Å². The van der Waals surface area contributed by atoms with Gasteiger partial charge in [0.05, 0.1) is 25.4 Å². The fourth-order valence-electron chi connectivity index (χ4n) is 2.49. The summed E-state index contributed by atoms with van der Waals surface area (Å²) in [5.41, 5.74) is 7.40. The van der Waals surface area contributed by atoms with Gasteiger partial charge in [0, 0.05) is 19.1 Å². The molecule has 1 aliphatic heterocycles. The first-order chi connectivity index (χ1) is 9.51. The fourth-order valence-corrected chi connectivity index (χ4v) is 2.49. The van der Waals surface area contributed by atoms with E-state index in [1.54, 1.807) is 7.11 Å². The van der Waals surface area contributed by atoms with Crippen molar-refractivity contribution in [3.05, 3.63) is 29.3 Å². The van der Waals surface area contributed by atoms with Crippen LogP contribution in [0.5, 0.6) is 5.75 Å². The molecule has 20 heavy (non-hydrogen) atoms. The number of nitrogens with two attached hydrogens (primary N) is 1. The third kappa shape index (κ3) is 3.29. The Morgan fingerprint density at radius 1 is 1.50 bits per heavy atom. The van der Waals surface area contributed by atoms with Crippen LogP contribution in [0.15, 0.2) is 18.2 Å². The Morgan fingerprint density at radius 3 is 2.90 bits per heavy atom. The fraction of sp³-hybridized carbons (Fsp3) is 0.533. The van der Waals surface area contributed by atoms with Crippen LogP contribution in [0, 0.1) is 5.41 Å². The first-order valence-corrected chi connectivity index (χ1v) is 6.88. The molecule has 0 amide bonds. The lowest BCUT2D eigenvalue weighted by Gasteiger charge is -2.36. The molecule has 3 N–H and O–H groups in total. The van der Waals surface area contributed by atoms with E-state index in [1.165, 1.54) is 0 Å². The van der Waals surface area contributed by atoms with E-state index < -0.39 is 0 Å². The van der Waals surface area contributed by atoms with Crippen LogP contribution in [0.4, 0.5) is 0 Å². The third-order valence-corrected chi connectivity index (χ3v) is 3.68. The quantitative estimate of drug-likeness (QED) is 0.647. The molecule has 1 aromatic rings. The average molecular weight is 277 g/mol. The van der Waals surface area contributed by atoms with Crippen LogP contribution >= 0.6 is 0 Å². The number of rotatable bonds is 4. The largest absolute Gasteiger partial charge is 0.496 e. The lowest BCUT2D eigenvalue weighted by Crippen LogP contribution is -2.46. The molecule has 1 fully saturated rings. The number of nitrogen functional groups attached to an aromatic ring is 1. The predicted molar refractivity (Wildman–Crippen MR) is 79.3 cm³/mol. The maximum Gasteiger partial charge on any atom is 0.129 e. The summed E-state index contributed by atoms with van der Waals surface area (Å²) in [5, 5.41) is 7.63. The monoisotopic (exact) mass is 277 g/mol. The highest BCUT2D eigenvalue weighted by atomic mass is 16.5. The molecule has 0 bridgehead atoms. The zero-order valence-corrected chi connectivity index (χ0v) is 12.3. The molecule has 5 nitrogen and oxygen atoms in total. The summed E-state index contributed by atoms with van der Waals surface area (Å²) in [6.07, 6.45) is 0.261. The van der Waals surface area contributed by atoms with Crippen molar-refractivity contribution in [2.45, 2.75) is 32.5 Å². The van der Waals surface area contributed by atoms with Crippen molar-refractivity contribution >= 4 is 5.84 Å². The molecule has 0 radical (unpaired) electrons. The van der Waals surface area contributed by atoms with Crippen molar-refractivity contribution in [3.8, 4) is 5.75 Å². The molecule has 0 saturated carbocycles. The number of hydrogen-bond donors (Lipinski definition) is 2. The van der Waals surface area contributed by atoms with E-state index in [1.807, 2.05) is 18.2 Å². The van der Waals surface area contributed by atoms with Crippen LogP contribution in [0.25, 0.3) is 0 Å². The van der Waals surface area contributed by atoms with Crippen molar-refractivity contribution in [1.29, 1.82) is 5.41 Å². The van der Waals surface area contributed by atoms with Gasteiger partial charge in [-0.25, -0.2) is 0 Å². The highest BCUT2D eigenvalue weighted by Gasteiger charge is 2.23. The zero-order valence-electron chi connectivity index (χ0n) is 12.3. The summed E-state index contributed by atoms with van der Waals surface area (Å²) in [6, 6.07) is 6.24. The first kappa shape index (κ1) is 14.8. The van der Waals surface area contributed by atoms with Gasteiger partial charge in [-0.3, -0.25) is 10.3 Å². The number of morpholine rings is 1. The lowest BCUT2D eigenvalue weighted by molar-refractivity contribution is -0.0526. The van der Waals surface area contributed by atoms with Gasteiger partial charge in [-0.05, 0) is 31.5 Å². The highest BCUT2D eigenvalue weighted by Crippen LogP contribution is 2.22. The van der Waals surface area contributed by atoms with Gasteiger partial charge >= 0.3 is 0 Å². The van der Waals surface area contributed by atoms with Crippen molar-refractivity contribution in [2.24, 2.45) is 5.73 Å². The molecular formula is C15H23N3O2. The van der Waals surface area contributed by atoms with Gasteiger partial charge in [0.2, 0.25) is 0 Å². The van der Waals surface area contributed by atoms with E-state index >= 15 is 0 Å². The Bertz CT molecular complexity index is 490. The zero-order chi connectivity index (χ0) is 14.7. The molecule has 1 saturated heterocycles. The molecule has 2 atom stereocenters. The van der Waals surface area contributed by atoms with Crippen LogP contribution in [0.2, 0.25) is 0 Å². The number of amidine groups is 1. The Hall–Kier alpha value is -1.59. The van der Waals surface area contributed by atoms with Crippen molar-refractivity contribution < 1.29 is 9.47 Å². The molecule has 1 aliphatic rings. The second kappa shape index (κ2) is 6.24. The van der Waals surface area contributed by atoms with E-state index in [9.17, 15) is 0 Å². The van der Waals surface area contributed by atoms with E-state index in [2.05, 4.69) is 18.7 Å². The summed E-state index contributed by atoms with van der Waals surface area (Å²) in [6.45, 7) is 6.77. The van der Waals surface area contributed by atoms with Gasteiger partial charge in [0.15, 0.2) is 0 Å². The number of ether oxygens (including phenoxy) is 2. The van der Waals surface area contributed by atoms with Crippen LogP contribution in [-0.2, 0) is 11.3 Å². The number of nitrogens with zero attached hydrogens (tertiary/aromatic N) is 1. The molecule has 2 rings (SSSR count). The standard InChI is InChI=1S/C15H23N3O2/c1-10-9-20-11(2)7-18(10)8-12-4-5-14(19-3)13(6-12)15(16)17/h4-6,10-11H,7-9H2,1-3H3,(H3,16,17). The van der Waals surface area contributed by atoms with Gasteiger partial charge in [-0.15, -0.1) is 0 Å². The average Bonchev–Trinajstić information content (AvgIpc) is 2.42. The normalized spacial score (nSPS) is 23.6. The molecule has 0 aliphatic carbocycles. The SMILES string of the molecule is COc1ccc(CN2CC(C)OCC2C)cc1C(=N)N. The van der Waals surface area contributed by atoms with Gasteiger partial charge in [-0.2, -0.15) is 0 Å². The molecule has 1 heterocycles. The summed E-state index contributed by atoms with van der Waals surface area (Å²) in [7, 11) is 1.59. The molecular weight excluding hydrogens is 254 g/mol. The lowest BCUT2D eigenvalue weighted by atomic mass is 10.1. The molecule has 5 heteroatoms. The van der Waals surface area contributed by atoms with Crippen LogP contribution in [-0.4, -0.2) is 43.1 Å². The van der Waals surface area contributed by atoms with Crippen LogP contribution < -0.4 is 10.5 Å². The molecule has 0 aromatic heterocycles. The van der Waals surface area contributed by atoms with E-state index in [0.29, 0.717) is 17.4 Å². The Morgan fingerprint density at radius 2 is 2.25 bits per heavy atom. The molecule has 1 aromatic carbocycles. The van der Waals surface area contributed by atoms with Crippen molar-refractivity contribution in [3.63, 3.8) is 0 Å². The second-order valence-electron chi connectivity index (χ2n) is 5.37. The summed E-state index contributed by atoms with van der Waals surface area (Å²) >= 11 is 0. The maximum absolute atomic E-state index is 7.63. The Kier molecular flexibility index (Phi) is 4.62. The van der Waals surface area contributed by atoms with Crippen molar-refractivity contribution in [1.82, 2.24) is 4.90 Å². The van der Waals surface area contributed by atoms with Crippen molar-refractivity contribution in [2.75, 3.05) is 20.3 Å². The summed E-state index contributed by atoms with van der Waals surface area (Å²) < 4.78 is 10.9. The van der Waals surface area contributed by atoms with Gasteiger partial charge in [0.1, 0.15) is 11.6 Å². The third-order valence-electron chi connectivity index (χ3n) is 3.68. The summed E-state index contributed by atoms with van der Waals surface area (Å²) in [5.74, 6) is 0.678. The van der Waals surface area contributed by atoms with E-state index in [-0.39, 0.29) is 11.9 Å². The van der Waals surface area contributed by atoms with Gasteiger partial charge in [0.25, 0.3) is 0 Å². The summed E-state index contributed by atoms with van der Waals surface area (Å²) in [4.78, 5) is 2.39. The Balaban J connectivity index is 2.16. The minimum Gasteiger partial charge on any atom is -0.496 e. The minimum absolute atomic E-state index is 0.0343. The predicted octanol–water partition coefficient (Wildman–Crippen LogP) is 1.59. The van der Waals surface area contributed by atoms with E-state index in [0.717, 1.165) is 25.3 Å².